The zero-order chi connectivity index (χ0) is 17.8. The van der Waals surface area contributed by atoms with Crippen LogP contribution in [0, 0.1) is 13.8 Å². The molecule has 0 atom stereocenters. The fourth-order valence-electron chi connectivity index (χ4n) is 3.12. The molecule has 7 heteroatoms. The minimum Gasteiger partial charge on any atom is -0.295 e. The van der Waals surface area contributed by atoms with Gasteiger partial charge in [-0.1, -0.05) is 12.1 Å². The van der Waals surface area contributed by atoms with Gasteiger partial charge in [0.2, 0.25) is 10.0 Å². The zero-order valence-corrected chi connectivity index (χ0v) is 14.8. The van der Waals surface area contributed by atoms with Crippen molar-refractivity contribution in [3.8, 4) is 11.1 Å². The Kier molecular flexibility index (Phi) is 3.65. The number of nitrogens with two attached hydrogens (primary N) is 1. The number of aryl methyl sites for hydroxylation is 4. The van der Waals surface area contributed by atoms with E-state index in [1.807, 2.05) is 31.2 Å². The largest absolute Gasteiger partial charge is 0.328 e. The van der Waals surface area contributed by atoms with E-state index in [0.29, 0.717) is 5.56 Å². The number of sulfonamides is 1. The maximum absolute atomic E-state index is 12.1. The Morgan fingerprint density at radius 2 is 1.54 bits per heavy atom. The summed E-state index contributed by atoms with van der Waals surface area (Å²) in [6.07, 6.45) is 0. The molecule has 2 N–H and O–H groups in total. The second kappa shape index (κ2) is 5.32. The van der Waals surface area contributed by atoms with Gasteiger partial charge in [-0.15, -0.1) is 0 Å². The highest BCUT2D eigenvalue weighted by Gasteiger charge is 2.16. The van der Waals surface area contributed by atoms with Gasteiger partial charge in [0.05, 0.1) is 15.9 Å². The zero-order valence-electron chi connectivity index (χ0n) is 14.0. The second-order valence-electron chi connectivity index (χ2n) is 6.08. The summed E-state index contributed by atoms with van der Waals surface area (Å²) in [5.74, 6) is 0. The molecule has 0 amide bonds. The predicted molar refractivity (Wildman–Crippen MR) is 94.4 cm³/mol. The molecule has 2 aromatic carbocycles. The molecule has 0 unspecified atom stereocenters. The Labute approximate surface area is 140 Å². The van der Waals surface area contributed by atoms with Gasteiger partial charge >= 0.3 is 5.69 Å². The number of nitrogens with zero attached hydrogens (tertiary/aromatic N) is 2. The van der Waals surface area contributed by atoms with Gasteiger partial charge in [-0.25, -0.2) is 18.4 Å². The van der Waals surface area contributed by atoms with E-state index >= 15 is 0 Å². The summed E-state index contributed by atoms with van der Waals surface area (Å²) in [5, 5.41) is 5.32. The van der Waals surface area contributed by atoms with Crippen molar-refractivity contribution in [2.45, 2.75) is 18.7 Å². The van der Waals surface area contributed by atoms with Crippen molar-refractivity contribution < 1.29 is 8.42 Å². The topological polar surface area (TPSA) is 87.1 Å². The third-order valence-electron chi connectivity index (χ3n) is 4.41. The number of imidazole rings is 1. The molecule has 1 heterocycles. The van der Waals surface area contributed by atoms with Crippen LogP contribution in [-0.2, 0) is 24.1 Å². The van der Waals surface area contributed by atoms with E-state index in [1.54, 1.807) is 36.2 Å². The van der Waals surface area contributed by atoms with Crippen molar-refractivity contribution in [3.63, 3.8) is 0 Å². The van der Waals surface area contributed by atoms with Crippen molar-refractivity contribution in [2.75, 3.05) is 0 Å². The van der Waals surface area contributed by atoms with Crippen LogP contribution in [0.4, 0.5) is 0 Å². The normalized spacial score (nSPS) is 12.0. The molecule has 0 aliphatic carbocycles. The first-order valence-electron chi connectivity index (χ1n) is 7.41. The first kappa shape index (κ1) is 16.5. The Morgan fingerprint density at radius 1 is 0.917 bits per heavy atom. The summed E-state index contributed by atoms with van der Waals surface area (Å²) in [4.78, 5) is 12.2. The summed E-state index contributed by atoms with van der Waals surface area (Å²) < 4.78 is 26.7. The van der Waals surface area contributed by atoms with Crippen molar-refractivity contribution in [1.82, 2.24) is 9.13 Å². The molecule has 1 aromatic heterocycles. The van der Waals surface area contributed by atoms with Crippen LogP contribution in [0.5, 0.6) is 0 Å². The first-order valence-corrected chi connectivity index (χ1v) is 8.96. The lowest BCUT2D eigenvalue weighted by Gasteiger charge is -2.12. The summed E-state index contributed by atoms with van der Waals surface area (Å²) in [6.45, 7) is 3.64. The minimum absolute atomic E-state index is 0.104. The standard InChI is InChI=1S/C17H19N3O3S/c1-10-7-11(2)16(24(18,22)23)9-13(10)12-5-6-14-15(8-12)20(4)17(21)19(14)3/h5-9H,1-4H3,(H2,18,22,23). The molecule has 24 heavy (non-hydrogen) atoms. The van der Waals surface area contributed by atoms with Crippen molar-refractivity contribution in [2.24, 2.45) is 19.2 Å². The van der Waals surface area contributed by atoms with E-state index in [1.165, 1.54) is 0 Å². The van der Waals surface area contributed by atoms with Crippen LogP contribution in [-0.4, -0.2) is 17.6 Å². The van der Waals surface area contributed by atoms with E-state index in [9.17, 15) is 13.2 Å². The monoisotopic (exact) mass is 345 g/mol. The molecule has 0 fully saturated rings. The molecule has 3 aromatic rings. The number of rotatable bonds is 2. The van der Waals surface area contributed by atoms with Crippen molar-refractivity contribution >= 4 is 21.1 Å². The third-order valence-corrected chi connectivity index (χ3v) is 5.46. The summed E-state index contributed by atoms with van der Waals surface area (Å²) in [6, 6.07) is 9.04. The van der Waals surface area contributed by atoms with Crippen LogP contribution in [0.2, 0.25) is 0 Å². The average molecular weight is 345 g/mol. The van der Waals surface area contributed by atoms with Gasteiger partial charge < -0.3 is 0 Å². The molecule has 6 nitrogen and oxygen atoms in total. The molecule has 0 saturated heterocycles. The van der Waals surface area contributed by atoms with Gasteiger partial charge in [-0.05, 0) is 54.3 Å². The molecule has 126 valence electrons. The molecule has 0 radical (unpaired) electrons. The molecule has 0 aliphatic rings. The summed E-state index contributed by atoms with van der Waals surface area (Å²) >= 11 is 0. The van der Waals surface area contributed by atoms with E-state index in [0.717, 1.165) is 27.7 Å². The molecule has 0 spiro atoms. The van der Waals surface area contributed by atoms with Crippen LogP contribution >= 0.6 is 0 Å². The van der Waals surface area contributed by atoms with Gasteiger partial charge in [-0.2, -0.15) is 0 Å². The highest BCUT2D eigenvalue weighted by Crippen LogP contribution is 2.30. The lowest BCUT2D eigenvalue weighted by molar-refractivity contribution is 0.597. The number of hydrogen-bond donors (Lipinski definition) is 1. The quantitative estimate of drug-likeness (QED) is 0.768. The van der Waals surface area contributed by atoms with Crippen LogP contribution in [0.3, 0.4) is 0 Å². The Balaban J connectivity index is 2.32. The Morgan fingerprint density at radius 3 is 2.17 bits per heavy atom. The SMILES string of the molecule is Cc1cc(C)c(S(N)(=O)=O)cc1-c1ccc2c(c1)n(C)c(=O)n2C. The molecule has 0 bridgehead atoms. The van der Waals surface area contributed by atoms with Crippen LogP contribution < -0.4 is 10.8 Å². The highest BCUT2D eigenvalue weighted by molar-refractivity contribution is 7.89. The minimum atomic E-state index is -3.79. The lowest BCUT2D eigenvalue weighted by atomic mass is 9.98. The van der Waals surface area contributed by atoms with Gasteiger partial charge in [0.15, 0.2) is 0 Å². The average Bonchev–Trinajstić information content (AvgIpc) is 2.70. The molecule has 3 rings (SSSR count). The Bertz CT molecular complexity index is 1140. The number of hydrogen-bond acceptors (Lipinski definition) is 3. The van der Waals surface area contributed by atoms with E-state index in [2.05, 4.69) is 0 Å². The van der Waals surface area contributed by atoms with E-state index in [-0.39, 0.29) is 10.6 Å². The van der Waals surface area contributed by atoms with Crippen LogP contribution in [0.1, 0.15) is 11.1 Å². The van der Waals surface area contributed by atoms with Crippen molar-refractivity contribution in [1.29, 1.82) is 0 Å². The van der Waals surface area contributed by atoms with Gasteiger partial charge in [0.1, 0.15) is 0 Å². The Hall–Kier alpha value is -2.38. The van der Waals surface area contributed by atoms with Gasteiger partial charge in [0, 0.05) is 14.1 Å². The molecular formula is C17H19N3O3S. The fourth-order valence-corrected chi connectivity index (χ4v) is 3.91. The number of benzene rings is 2. The molecular weight excluding hydrogens is 326 g/mol. The smallest absolute Gasteiger partial charge is 0.295 e. The van der Waals surface area contributed by atoms with Gasteiger partial charge in [0.25, 0.3) is 0 Å². The van der Waals surface area contributed by atoms with E-state index in [4.69, 9.17) is 5.14 Å². The lowest BCUT2D eigenvalue weighted by Crippen LogP contribution is -2.19. The number of primary sulfonamides is 1. The first-order chi connectivity index (χ1) is 11.1. The number of aromatic nitrogens is 2. The predicted octanol–water partition coefficient (Wildman–Crippen LogP) is 1.81. The van der Waals surface area contributed by atoms with E-state index < -0.39 is 10.0 Å². The maximum Gasteiger partial charge on any atom is 0.328 e. The summed E-state index contributed by atoms with van der Waals surface area (Å²) in [7, 11) is -0.356. The van der Waals surface area contributed by atoms with Crippen LogP contribution in [0.15, 0.2) is 40.0 Å². The number of fused-ring (bicyclic) bond motifs is 1. The maximum atomic E-state index is 12.1. The summed E-state index contributed by atoms with van der Waals surface area (Å²) in [5.41, 5.74) is 4.69. The molecule has 0 saturated carbocycles. The van der Waals surface area contributed by atoms with Crippen LogP contribution in [0.25, 0.3) is 22.2 Å². The van der Waals surface area contributed by atoms with Gasteiger partial charge in [-0.3, -0.25) is 9.13 Å². The second-order valence-corrected chi connectivity index (χ2v) is 7.61. The third kappa shape index (κ3) is 2.46. The fraction of sp³-hybridized carbons (Fsp3) is 0.235. The molecule has 0 aliphatic heterocycles. The van der Waals surface area contributed by atoms with Crippen molar-refractivity contribution in [3.05, 3.63) is 51.9 Å². The highest BCUT2D eigenvalue weighted by atomic mass is 32.2.